The lowest BCUT2D eigenvalue weighted by atomic mass is 10.2. The Balaban J connectivity index is 3.55. The second-order valence-electron chi connectivity index (χ2n) is 2.65. The molecule has 0 heterocycles. The summed E-state index contributed by atoms with van der Waals surface area (Å²) in [6, 6.07) is 0. The Hall–Kier alpha value is -1.09. The second-order valence-corrected chi connectivity index (χ2v) is 2.65. The molecule has 0 aromatic rings. The van der Waals surface area contributed by atoms with Crippen LogP contribution in [0.1, 0.15) is 6.92 Å². The molecule has 0 fully saturated rings. The topological polar surface area (TPSA) is 35.5 Å². The van der Waals surface area contributed by atoms with E-state index in [4.69, 9.17) is 9.47 Å². The van der Waals surface area contributed by atoms with E-state index in [0.29, 0.717) is 13.2 Å². The van der Waals surface area contributed by atoms with Crippen molar-refractivity contribution < 1.29 is 14.3 Å². The largest absolute Gasteiger partial charge is 0.461 e. The Bertz CT molecular complexity index is 175. The molecule has 3 nitrogen and oxygen atoms in total. The van der Waals surface area contributed by atoms with Gasteiger partial charge in [-0.15, -0.1) is 6.58 Å². The number of hydrogen-bond donors (Lipinski definition) is 0. The Kier molecular flexibility index (Phi) is 6.92. The van der Waals surface area contributed by atoms with Gasteiger partial charge in [0.15, 0.2) is 0 Å². The summed E-state index contributed by atoms with van der Waals surface area (Å²) < 4.78 is 9.92. The van der Waals surface area contributed by atoms with E-state index in [-0.39, 0.29) is 18.5 Å². The summed E-state index contributed by atoms with van der Waals surface area (Å²) >= 11 is 0. The minimum atomic E-state index is -0.260. The Morgan fingerprint density at radius 2 is 2.00 bits per heavy atom. The van der Waals surface area contributed by atoms with E-state index in [1.807, 2.05) is 0 Å². The van der Waals surface area contributed by atoms with Gasteiger partial charge in [0.05, 0.1) is 19.1 Å². The zero-order valence-corrected chi connectivity index (χ0v) is 7.99. The molecule has 3 heteroatoms. The zero-order chi connectivity index (χ0) is 10.1. The van der Waals surface area contributed by atoms with Gasteiger partial charge in [-0.3, -0.25) is 4.79 Å². The molecule has 0 N–H and O–H groups in total. The molecule has 1 atom stereocenters. The summed E-state index contributed by atoms with van der Waals surface area (Å²) in [6.45, 7) is 9.78. The number of hydrogen-bond acceptors (Lipinski definition) is 3. The van der Waals surface area contributed by atoms with E-state index in [1.54, 1.807) is 13.0 Å². The van der Waals surface area contributed by atoms with Gasteiger partial charge in [-0.1, -0.05) is 18.7 Å². The van der Waals surface area contributed by atoms with E-state index in [2.05, 4.69) is 13.2 Å². The van der Waals surface area contributed by atoms with Crippen LogP contribution in [0.4, 0.5) is 0 Å². The van der Waals surface area contributed by atoms with Crippen LogP contribution in [0.25, 0.3) is 0 Å². The number of carbonyl (C=O) groups excluding carboxylic acids is 1. The van der Waals surface area contributed by atoms with E-state index in [1.165, 1.54) is 6.08 Å². The monoisotopic (exact) mass is 184 g/mol. The third-order valence-electron chi connectivity index (χ3n) is 1.35. The molecule has 13 heavy (non-hydrogen) atoms. The molecule has 0 aromatic heterocycles. The molecule has 0 aromatic carbocycles. The van der Waals surface area contributed by atoms with Crippen molar-refractivity contribution in [2.24, 2.45) is 5.92 Å². The van der Waals surface area contributed by atoms with Gasteiger partial charge in [-0.25, -0.2) is 0 Å². The summed E-state index contributed by atoms with van der Waals surface area (Å²) in [7, 11) is 0. The summed E-state index contributed by atoms with van der Waals surface area (Å²) in [6.07, 6.45) is 3.18. The van der Waals surface area contributed by atoms with Crippen molar-refractivity contribution in [3.63, 3.8) is 0 Å². The molecular weight excluding hydrogens is 168 g/mol. The van der Waals surface area contributed by atoms with E-state index in [0.717, 1.165) is 0 Å². The van der Waals surface area contributed by atoms with Crippen molar-refractivity contribution in [3.8, 4) is 0 Å². The third-order valence-corrected chi connectivity index (χ3v) is 1.35. The summed E-state index contributed by atoms with van der Waals surface area (Å²) in [5, 5.41) is 0. The molecule has 0 amide bonds. The molecule has 74 valence electrons. The first-order valence-corrected chi connectivity index (χ1v) is 4.18. The van der Waals surface area contributed by atoms with E-state index in [9.17, 15) is 4.79 Å². The van der Waals surface area contributed by atoms with Crippen molar-refractivity contribution in [1.82, 2.24) is 0 Å². The zero-order valence-electron chi connectivity index (χ0n) is 7.99. The van der Waals surface area contributed by atoms with Gasteiger partial charge >= 0.3 is 5.97 Å². The molecule has 1 unspecified atom stereocenters. The number of rotatable bonds is 7. The van der Waals surface area contributed by atoms with Crippen LogP contribution >= 0.6 is 0 Å². The quantitative estimate of drug-likeness (QED) is 0.342. The van der Waals surface area contributed by atoms with Gasteiger partial charge in [0.25, 0.3) is 0 Å². The normalized spacial score (nSPS) is 11.8. The molecule has 0 bridgehead atoms. The van der Waals surface area contributed by atoms with Crippen LogP contribution < -0.4 is 0 Å². The summed E-state index contributed by atoms with van der Waals surface area (Å²) in [4.78, 5) is 11.1. The molecule has 0 spiro atoms. The summed E-state index contributed by atoms with van der Waals surface area (Å²) in [5.74, 6) is -0.496. The van der Waals surface area contributed by atoms with Gasteiger partial charge in [0.1, 0.15) is 6.61 Å². The Labute approximate surface area is 79.0 Å². The molecule has 0 aliphatic heterocycles. The standard InChI is InChI=1S/C10H16O3/c1-4-6-12-8-9(3)10(11)13-7-5-2/h4-5,9H,1-2,6-8H2,3H3. The van der Waals surface area contributed by atoms with Gasteiger partial charge in [0, 0.05) is 0 Å². The number of carbonyl (C=O) groups is 1. The predicted molar refractivity (Wildman–Crippen MR) is 51.3 cm³/mol. The molecule has 0 aliphatic rings. The van der Waals surface area contributed by atoms with Crippen LogP contribution in [0.3, 0.4) is 0 Å². The maximum Gasteiger partial charge on any atom is 0.311 e. The van der Waals surface area contributed by atoms with Crippen LogP contribution in [0.5, 0.6) is 0 Å². The maximum absolute atomic E-state index is 11.1. The first-order valence-electron chi connectivity index (χ1n) is 4.18. The number of ether oxygens (including phenoxy) is 2. The van der Waals surface area contributed by atoms with Crippen LogP contribution in [-0.2, 0) is 14.3 Å². The highest BCUT2D eigenvalue weighted by molar-refractivity contribution is 5.72. The van der Waals surface area contributed by atoms with Crippen LogP contribution in [0, 0.1) is 5.92 Å². The molecule has 0 rings (SSSR count). The van der Waals surface area contributed by atoms with Gasteiger partial charge < -0.3 is 9.47 Å². The minimum Gasteiger partial charge on any atom is -0.461 e. The SMILES string of the molecule is C=CCOCC(C)C(=O)OCC=C. The smallest absolute Gasteiger partial charge is 0.311 e. The van der Waals surface area contributed by atoms with Gasteiger partial charge in [-0.05, 0) is 6.92 Å². The van der Waals surface area contributed by atoms with Crippen molar-refractivity contribution in [2.45, 2.75) is 6.92 Å². The molecule has 0 saturated heterocycles. The summed E-state index contributed by atoms with van der Waals surface area (Å²) in [5.41, 5.74) is 0. The fourth-order valence-electron chi connectivity index (χ4n) is 0.680. The lowest BCUT2D eigenvalue weighted by Crippen LogP contribution is -2.19. The molecule has 0 saturated carbocycles. The first-order chi connectivity index (χ1) is 6.22. The minimum absolute atomic E-state index is 0.236. The lowest BCUT2D eigenvalue weighted by molar-refractivity contribution is -0.148. The van der Waals surface area contributed by atoms with Crippen LogP contribution in [-0.4, -0.2) is 25.8 Å². The van der Waals surface area contributed by atoms with E-state index < -0.39 is 0 Å². The first kappa shape index (κ1) is 11.9. The average Bonchev–Trinajstić information content (AvgIpc) is 2.14. The molecular formula is C10H16O3. The van der Waals surface area contributed by atoms with E-state index >= 15 is 0 Å². The third kappa shape index (κ3) is 6.11. The maximum atomic E-state index is 11.1. The van der Waals surface area contributed by atoms with Crippen LogP contribution in [0.15, 0.2) is 25.3 Å². The van der Waals surface area contributed by atoms with Crippen molar-refractivity contribution in [1.29, 1.82) is 0 Å². The van der Waals surface area contributed by atoms with Gasteiger partial charge in [0.2, 0.25) is 0 Å². The Morgan fingerprint density at radius 3 is 2.54 bits per heavy atom. The lowest BCUT2D eigenvalue weighted by Gasteiger charge is -2.09. The predicted octanol–water partition coefficient (Wildman–Crippen LogP) is 1.55. The van der Waals surface area contributed by atoms with Crippen molar-refractivity contribution >= 4 is 5.97 Å². The van der Waals surface area contributed by atoms with Crippen molar-refractivity contribution in [3.05, 3.63) is 25.3 Å². The second kappa shape index (κ2) is 7.55. The molecule has 0 radical (unpaired) electrons. The highest BCUT2D eigenvalue weighted by Crippen LogP contribution is 1.99. The van der Waals surface area contributed by atoms with Crippen molar-refractivity contribution in [2.75, 3.05) is 19.8 Å². The highest BCUT2D eigenvalue weighted by Gasteiger charge is 2.13. The number of esters is 1. The molecule has 0 aliphatic carbocycles. The van der Waals surface area contributed by atoms with Gasteiger partial charge in [-0.2, -0.15) is 0 Å². The fourth-order valence-corrected chi connectivity index (χ4v) is 0.680. The van der Waals surface area contributed by atoms with Crippen LogP contribution in [0.2, 0.25) is 0 Å². The highest BCUT2D eigenvalue weighted by atomic mass is 16.5. The Morgan fingerprint density at radius 1 is 1.38 bits per heavy atom. The average molecular weight is 184 g/mol. The fraction of sp³-hybridized carbons (Fsp3) is 0.500.